The zero-order valence-electron chi connectivity index (χ0n) is 15.4. The van der Waals surface area contributed by atoms with Gasteiger partial charge in [0, 0.05) is 16.6 Å². The van der Waals surface area contributed by atoms with Gasteiger partial charge in [0.05, 0.1) is 11.4 Å². The highest BCUT2D eigenvalue weighted by Gasteiger charge is 2.31. The third-order valence-corrected chi connectivity index (χ3v) is 4.63. The Morgan fingerprint density at radius 3 is 2.31 bits per heavy atom. The Kier molecular flexibility index (Phi) is 5.00. The van der Waals surface area contributed by atoms with Crippen LogP contribution in [0.3, 0.4) is 0 Å². The van der Waals surface area contributed by atoms with Gasteiger partial charge in [-0.1, -0.05) is 0 Å². The smallest absolute Gasteiger partial charge is 0.508 e. The number of amides is 1. The zero-order valence-corrected chi connectivity index (χ0v) is 15.4. The van der Waals surface area contributed by atoms with Crippen LogP contribution in [0.15, 0.2) is 42.5 Å². The maximum absolute atomic E-state index is 13.1. The first-order valence-corrected chi connectivity index (χ1v) is 8.53. The van der Waals surface area contributed by atoms with Crippen molar-refractivity contribution in [2.75, 3.05) is 0 Å². The van der Waals surface area contributed by atoms with Gasteiger partial charge < -0.3 is 15.6 Å². The normalized spacial score (nSPS) is 12.7. The molecule has 3 N–H and O–H groups in total. The largest absolute Gasteiger partial charge is 0.573 e. The molecule has 1 atom stereocenters. The molecule has 1 heterocycles. The van der Waals surface area contributed by atoms with Crippen LogP contribution >= 0.6 is 0 Å². The van der Waals surface area contributed by atoms with Crippen molar-refractivity contribution >= 4 is 22.7 Å². The minimum absolute atomic E-state index is 0.0475. The topological polar surface area (TPSA) is 94.5 Å². The lowest BCUT2D eigenvalue weighted by Gasteiger charge is -2.11. The molecule has 0 bridgehead atoms. The fourth-order valence-corrected chi connectivity index (χ4v) is 3.31. The van der Waals surface area contributed by atoms with Gasteiger partial charge in [-0.15, -0.1) is 13.2 Å². The van der Waals surface area contributed by atoms with Gasteiger partial charge in [0.25, 0.3) is 5.91 Å². The van der Waals surface area contributed by atoms with E-state index in [0.29, 0.717) is 22.2 Å². The summed E-state index contributed by atoms with van der Waals surface area (Å²) in [5.41, 5.74) is 6.92. The predicted octanol–water partition coefficient (Wildman–Crippen LogP) is 3.83. The van der Waals surface area contributed by atoms with Crippen LogP contribution in [0, 0.1) is 6.92 Å². The van der Waals surface area contributed by atoms with Crippen LogP contribution < -0.4 is 10.5 Å². The van der Waals surface area contributed by atoms with Crippen LogP contribution in [0.5, 0.6) is 11.5 Å². The highest BCUT2D eigenvalue weighted by atomic mass is 19.4. The van der Waals surface area contributed by atoms with E-state index in [1.165, 1.54) is 34.9 Å². The van der Waals surface area contributed by atoms with Crippen molar-refractivity contribution in [2.45, 2.75) is 26.1 Å². The molecule has 0 radical (unpaired) electrons. The summed E-state index contributed by atoms with van der Waals surface area (Å²) in [5, 5.41) is 10.3. The van der Waals surface area contributed by atoms with E-state index in [-0.39, 0.29) is 11.3 Å². The molecule has 0 aliphatic rings. The lowest BCUT2D eigenvalue weighted by atomic mass is 9.97. The van der Waals surface area contributed by atoms with Gasteiger partial charge in [0.2, 0.25) is 5.91 Å². The van der Waals surface area contributed by atoms with Crippen molar-refractivity contribution in [3.63, 3.8) is 0 Å². The summed E-state index contributed by atoms with van der Waals surface area (Å²) < 4.78 is 42.1. The summed E-state index contributed by atoms with van der Waals surface area (Å²) in [4.78, 5) is 24.8. The first-order valence-electron chi connectivity index (χ1n) is 8.53. The quantitative estimate of drug-likeness (QED) is 0.689. The maximum Gasteiger partial charge on any atom is 0.573 e. The molecule has 1 amide bonds. The minimum Gasteiger partial charge on any atom is -0.508 e. The van der Waals surface area contributed by atoms with Crippen molar-refractivity contribution < 1.29 is 32.6 Å². The summed E-state index contributed by atoms with van der Waals surface area (Å²) in [7, 11) is 0. The number of nitrogens with two attached hydrogens (primary N) is 1. The molecule has 0 unspecified atom stereocenters. The number of rotatable bonds is 4. The molecule has 152 valence electrons. The van der Waals surface area contributed by atoms with Crippen LogP contribution in [0.2, 0.25) is 0 Å². The van der Waals surface area contributed by atoms with E-state index in [2.05, 4.69) is 4.74 Å². The number of halogens is 3. The Hall–Kier alpha value is -3.49. The molecule has 0 aliphatic carbocycles. The average Bonchev–Trinajstić information content (AvgIpc) is 2.90. The third-order valence-electron chi connectivity index (χ3n) is 4.63. The fraction of sp³-hybridized carbons (Fsp3) is 0.200. The Bertz CT molecular complexity index is 1100. The van der Waals surface area contributed by atoms with Crippen LogP contribution in [0.25, 0.3) is 10.9 Å². The van der Waals surface area contributed by atoms with Gasteiger partial charge in [0.1, 0.15) is 11.5 Å². The first-order chi connectivity index (χ1) is 13.5. The second-order valence-electron chi connectivity index (χ2n) is 6.54. The van der Waals surface area contributed by atoms with Gasteiger partial charge in [-0.2, -0.15) is 0 Å². The number of ether oxygens (including phenoxy) is 1. The third kappa shape index (κ3) is 3.89. The first kappa shape index (κ1) is 20.2. The van der Waals surface area contributed by atoms with Crippen molar-refractivity contribution in [3.05, 3.63) is 59.3 Å². The molecule has 0 aliphatic heterocycles. The molecule has 29 heavy (non-hydrogen) atoms. The van der Waals surface area contributed by atoms with E-state index in [1.54, 1.807) is 13.8 Å². The van der Waals surface area contributed by atoms with Crippen LogP contribution in [0.4, 0.5) is 13.2 Å². The number of hydrogen-bond acceptors (Lipinski definition) is 4. The minimum atomic E-state index is -4.83. The van der Waals surface area contributed by atoms with Crippen molar-refractivity contribution in [3.8, 4) is 11.5 Å². The van der Waals surface area contributed by atoms with Crippen LogP contribution in [-0.4, -0.2) is 27.9 Å². The van der Waals surface area contributed by atoms with E-state index in [0.717, 1.165) is 12.1 Å². The summed E-state index contributed by atoms with van der Waals surface area (Å²) in [5.74, 6) is -2.34. The maximum atomic E-state index is 13.1. The van der Waals surface area contributed by atoms with E-state index in [1.807, 2.05) is 0 Å². The van der Waals surface area contributed by atoms with Gasteiger partial charge >= 0.3 is 6.36 Å². The number of aromatic hydroxyl groups is 1. The Balaban J connectivity index is 2.11. The number of benzene rings is 2. The lowest BCUT2D eigenvalue weighted by molar-refractivity contribution is -0.274. The number of carbonyl (C=O) groups is 2. The van der Waals surface area contributed by atoms with E-state index >= 15 is 0 Å². The van der Waals surface area contributed by atoms with Crippen LogP contribution in [-0.2, 0) is 4.79 Å². The van der Waals surface area contributed by atoms with Crippen molar-refractivity contribution in [2.24, 2.45) is 5.73 Å². The standard InChI is InChI=1S/C20H17F3N2O4/c1-10(18(24)27)17-11(2)25(16-8-5-13(26)9-15(16)17)19(28)12-3-6-14(7-4-12)29-20(21,22)23/h3-10,26H,1-2H3,(H2,24,27)/t10-/m1/s1. The van der Waals surface area contributed by atoms with Gasteiger partial charge in [0.15, 0.2) is 0 Å². The molecule has 2 aromatic carbocycles. The van der Waals surface area contributed by atoms with E-state index in [9.17, 15) is 27.9 Å². The molecule has 3 rings (SSSR count). The number of aromatic nitrogens is 1. The fourth-order valence-electron chi connectivity index (χ4n) is 3.31. The molecule has 0 saturated heterocycles. The Morgan fingerprint density at radius 1 is 1.14 bits per heavy atom. The molecule has 6 nitrogen and oxygen atoms in total. The zero-order chi connectivity index (χ0) is 21.5. The summed E-state index contributed by atoms with van der Waals surface area (Å²) in [6.45, 7) is 3.22. The summed E-state index contributed by atoms with van der Waals surface area (Å²) >= 11 is 0. The van der Waals surface area contributed by atoms with Crippen molar-refractivity contribution in [1.29, 1.82) is 0 Å². The highest BCUT2D eigenvalue weighted by molar-refractivity contribution is 6.05. The number of nitrogens with zero attached hydrogens (tertiary/aromatic N) is 1. The molecule has 0 spiro atoms. The monoisotopic (exact) mass is 406 g/mol. The average molecular weight is 406 g/mol. The number of carbonyl (C=O) groups excluding carboxylic acids is 2. The molecular formula is C20H17F3N2O4. The predicted molar refractivity (Wildman–Crippen MR) is 98.8 cm³/mol. The van der Waals surface area contributed by atoms with Gasteiger partial charge in [-0.25, -0.2) is 0 Å². The number of phenols is 1. The summed E-state index contributed by atoms with van der Waals surface area (Å²) in [6.07, 6.45) is -4.83. The number of phenolic OH excluding ortho intramolecular Hbond substituents is 1. The summed E-state index contributed by atoms with van der Waals surface area (Å²) in [6, 6.07) is 8.86. The van der Waals surface area contributed by atoms with Crippen molar-refractivity contribution in [1.82, 2.24) is 4.57 Å². The van der Waals surface area contributed by atoms with E-state index in [4.69, 9.17) is 5.73 Å². The highest BCUT2D eigenvalue weighted by Crippen LogP contribution is 2.34. The van der Waals surface area contributed by atoms with Gasteiger partial charge in [-0.3, -0.25) is 14.2 Å². The lowest BCUT2D eigenvalue weighted by Crippen LogP contribution is -2.20. The van der Waals surface area contributed by atoms with Crippen LogP contribution in [0.1, 0.15) is 34.5 Å². The number of hydrogen-bond donors (Lipinski definition) is 2. The number of alkyl halides is 3. The second-order valence-corrected chi connectivity index (χ2v) is 6.54. The SMILES string of the molecule is Cc1c([C@@H](C)C(N)=O)c2cc(O)ccc2n1C(=O)c1ccc(OC(F)(F)F)cc1. The Labute approximate surface area is 163 Å². The van der Waals surface area contributed by atoms with Gasteiger partial charge in [-0.05, 0) is 61.9 Å². The Morgan fingerprint density at radius 2 is 1.76 bits per heavy atom. The molecule has 9 heteroatoms. The molecule has 0 saturated carbocycles. The number of primary amides is 1. The number of fused-ring (bicyclic) bond motifs is 1. The molecule has 1 aromatic heterocycles. The second kappa shape index (κ2) is 7.16. The molecule has 0 fully saturated rings. The molecule has 3 aromatic rings. The van der Waals surface area contributed by atoms with E-state index < -0.39 is 29.8 Å². The molecular weight excluding hydrogens is 389 g/mol.